The van der Waals surface area contributed by atoms with Crippen LogP contribution in [0.25, 0.3) is 0 Å². The van der Waals surface area contributed by atoms with Crippen molar-refractivity contribution < 1.29 is 0 Å². The van der Waals surface area contributed by atoms with Gasteiger partial charge in [-0.25, -0.2) is 0 Å². The molecule has 2 aromatic rings. The van der Waals surface area contributed by atoms with Gasteiger partial charge in [0.15, 0.2) is 0 Å². The van der Waals surface area contributed by atoms with Crippen molar-refractivity contribution in [3.8, 4) is 0 Å². The first-order valence-electron chi connectivity index (χ1n) is 6.68. The molecule has 1 saturated carbocycles. The number of rotatable bonds is 3. The molecule has 1 aliphatic carbocycles. The third-order valence-electron chi connectivity index (χ3n) is 4.22. The van der Waals surface area contributed by atoms with Gasteiger partial charge in [-0.1, -0.05) is 35.0 Å². The van der Waals surface area contributed by atoms with Crippen LogP contribution in [-0.2, 0) is 18.9 Å². The van der Waals surface area contributed by atoms with Crippen LogP contribution >= 0.6 is 15.9 Å². The fourth-order valence-electron chi connectivity index (χ4n) is 3.34. The number of benzene rings is 1. The molecule has 1 aliphatic rings. The van der Waals surface area contributed by atoms with Crippen LogP contribution < -0.4 is 0 Å². The molecule has 3 rings (SSSR count). The van der Waals surface area contributed by atoms with Crippen molar-refractivity contribution in [2.24, 2.45) is 13.0 Å². The highest BCUT2D eigenvalue weighted by molar-refractivity contribution is 9.10. The quantitative estimate of drug-likeness (QED) is 0.867. The van der Waals surface area contributed by atoms with Crippen LogP contribution in [0.5, 0.6) is 0 Å². The lowest BCUT2D eigenvalue weighted by molar-refractivity contribution is 0.152. The van der Waals surface area contributed by atoms with Crippen LogP contribution in [0.3, 0.4) is 0 Å². The molecule has 100 valence electrons. The molecule has 0 radical (unpaired) electrons. The molecule has 0 N–H and O–H groups in total. The van der Waals surface area contributed by atoms with E-state index < -0.39 is 0 Å². The Morgan fingerprint density at radius 3 is 2.79 bits per heavy atom. The Labute approximate surface area is 122 Å². The Bertz CT molecular complexity index is 585. The molecule has 0 spiro atoms. The van der Waals surface area contributed by atoms with E-state index in [0.29, 0.717) is 0 Å². The summed E-state index contributed by atoms with van der Waals surface area (Å²) in [5.74, 6) is 1.87. The topological polar surface area (TPSA) is 30.7 Å². The zero-order valence-electron chi connectivity index (χ0n) is 11.3. The van der Waals surface area contributed by atoms with Gasteiger partial charge < -0.3 is 4.57 Å². The second-order valence-corrected chi connectivity index (χ2v) is 6.75. The van der Waals surface area contributed by atoms with E-state index in [0.717, 1.165) is 22.6 Å². The summed E-state index contributed by atoms with van der Waals surface area (Å²) in [6.45, 7) is 2.33. The summed E-state index contributed by atoms with van der Waals surface area (Å²) in [5, 5.41) is 8.26. The smallest absolute Gasteiger partial charge is 0.133 e. The van der Waals surface area contributed by atoms with Gasteiger partial charge in [0.1, 0.15) is 12.2 Å². The predicted molar refractivity (Wildman–Crippen MR) is 78.9 cm³/mol. The molecule has 1 aromatic heterocycles. The average Bonchev–Trinajstić information content (AvgIpc) is 2.72. The molecule has 1 aromatic carbocycles. The van der Waals surface area contributed by atoms with Crippen LogP contribution in [0.15, 0.2) is 35.1 Å². The summed E-state index contributed by atoms with van der Waals surface area (Å²) >= 11 is 3.58. The largest absolute Gasteiger partial charge is 0.321 e. The monoisotopic (exact) mass is 319 g/mol. The van der Waals surface area contributed by atoms with Crippen LogP contribution in [0.4, 0.5) is 0 Å². The van der Waals surface area contributed by atoms with Crippen molar-refractivity contribution in [1.82, 2.24) is 14.8 Å². The summed E-state index contributed by atoms with van der Waals surface area (Å²) in [5.41, 5.74) is 1.66. The molecule has 3 nitrogen and oxygen atoms in total. The summed E-state index contributed by atoms with van der Waals surface area (Å²) < 4.78 is 3.19. The van der Waals surface area contributed by atoms with E-state index in [1.165, 1.54) is 18.4 Å². The summed E-state index contributed by atoms with van der Waals surface area (Å²) in [6, 6.07) is 8.71. The zero-order valence-corrected chi connectivity index (χ0v) is 12.9. The molecule has 0 aliphatic heterocycles. The third-order valence-corrected chi connectivity index (χ3v) is 4.71. The second kappa shape index (κ2) is 4.75. The molecule has 0 amide bonds. The Balaban J connectivity index is 1.94. The first-order chi connectivity index (χ1) is 9.09. The number of halogens is 1. The van der Waals surface area contributed by atoms with Crippen molar-refractivity contribution in [1.29, 1.82) is 0 Å². The third kappa shape index (κ3) is 2.34. The summed E-state index contributed by atoms with van der Waals surface area (Å²) in [6.07, 6.45) is 5.23. The van der Waals surface area contributed by atoms with Crippen molar-refractivity contribution in [2.75, 3.05) is 0 Å². The van der Waals surface area contributed by atoms with Gasteiger partial charge in [0.25, 0.3) is 0 Å². The fourth-order valence-corrected chi connectivity index (χ4v) is 3.74. The van der Waals surface area contributed by atoms with Crippen molar-refractivity contribution in [2.45, 2.75) is 31.6 Å². The molecule has 1 fully saturated rings. The van der Waals surface area contributed by atoms with E-state index in [9.17, 15) is 0 Å². The van der Waals surface area contributed by atoms with Gasteiger partial charge in [-0.3, -0.25) is 0 Å². The SMILES string of the molecule is CC1CC(Cc2nncn2C)(c2cccc(Br)c2)C1. The number of nitrogens with zero attached hydrogens (tertiary/aromatic N) is 3. The van der Waals surface area contributed by atoms with E-state index in [4.69, 9.17) is 0 Å². The molecule has 0 atom stereocenters. The van der Waals surface area contributed by atoms with Gasteiger partial charge in [0, 0.05) is 23.4 Å². The molecule has 4 heteroatoms. The van der Waals surface area contributed by atoms with Crippen molar-refractivity contribution >= 4 is 15.9 Å². The standard InChI is InChI=1S/C15H18BrN3/c1-11-7-15(8-11,9-14-18-17-10-19(14)2)12-4-3-5-13(16)6-12/h3-6,10-11H,7-9H2,1-2H3. The first kappa shape index (κ1) is 12.9. The molecular formula is C15H18BrN3. The number of aryl methyl sites for hydroxylation is 1. The molecule has 1 heterocycles. The Hall–Kier alpha value is -1.16. The maximum absolute atomic E-state index is 4.26. The number of hydrogen-bond acceptors (Lipinski definition) is 2. The molecular weight excluding hydrogens is 302 g/mol. The zero-order chi connectivity index (χ0) is 13.5. The molecule has 0 saturated heterocycles. The lowest BCUT2D eigenvalue weighted by Gasteiger charge is -2.47. The van der Waals surface area contributed by atoms with Crippen LogP contribution in [0.1, 0.15) is 31.2 Å². The Morgan fingerprint density at radius 1 is 1.42 bits per heavy atom. The van der Waals surface area contributed by atoms with Gasteiger partial charge in [0.2, 0.25) is 0 Å². The van der Waals surface area contributed by atoms with Crippen LogP contribution in [-0.4, -0.2) is 14.8 Å². The summed E-state index contributed by atoms with van der Waals surface area (Å²) in [4.78, 5) is 0. The minimum Gasteiger partial charge on any atom is -0.321 e. The number of hydrogen-bond donors (Lipinski definition) is 0. The fraction of sp³-hybridized carbons (Fsp3) is 0.467. The maximum atomic E-state index is 4.26. The van der Waals surface area contributed by atoms with E-state index in [2.05, 4.69) is 57.3 Å². The predicted octanol–water partition coefficient (Wildman–Crippen LogP) is 3.49. The Kier molecular flexibility index (Phi) is 3.21. The second-order valence-electron chi connectivity index (χ2n) is 5.84. The highest BCUT2D eigenvalue weighted by Crippen LogP contribution is 2.49. The van der Waals surface area contributed by atoms with E-state index >= 15 is 0 Å². The minimum absolute atomic E-state index is 0.240. The summed E-state index contributed by atoms with van der Waals surface area (Å²) in [7, 11) is 2.02. The normalized spacial score (nSPS) is 26.2. The number of aromatic nitrogens is 3. The Morgan fingerprint density at radius 2 is 2.21 bits per heavy atom. The molecule has 0 unspecified atom stereocenters. The van der Waals surface area contributed by atoms with Gasteiger partial charge in [-0.15, -0.1) is 10.2 Å². The highest BCUT2D eigenvalue weighted by atomic mass is 79.9. The van der Waals surface area contributed by atoms with Crippen LogP contribution in [0.2, 0.25) is 0 Å². The molecule has 0 bridgehead atoms. The highest BCUT2D eigenvalue weighted by Gasteiger charge is 2.44. The van der Waals surface area contributed by atoms with Gasteiger partial charge in [-0.2, -0.15) is 0 Å². The van der Waals surface area contributed by atoms with E-state index in [1.807, 2.05) is 11.6 Å². The average molecular weight is 320 g/mol. The van der Waals surface area contributed by atoms with E-state index in [1.54, 1.807) is 6.33 Å². The first-order valence-corrected chi connectivity index (χ1v) is 7.47. The van der Waals surface area contributed by atoms with Gasteiger partial charge in [0.05, 0.1) is 0 Å². The van der Waals surface area contributed by atoms with Gasteiger partial charge >= 0.3 is 0 Å². The molecule has 19 heavy (non-hydrogen) atoms. The van der Waals surface area contributed by atoms with Crippen molar-refractivity contribution in [3.63, 3.8) is 0 Å². The van der Waals surface area contributed by atoms with E-state index in [-0.39, 0.29) is 5.41 Å². The van der Waals surface area contributed by atoms with Crippen LogP contribution in [0, 0.1) is 5.92 Å². The maximum Gasteiger partial charge on any atom is 0.133 e. The van der Waals surface area contributed by atoms with Crippen molar-refractivity contribution in [3.05, 3.63) is 46.5 Å². The lowest BCUT2D eigenvalue weighted by atomic mass is 9.57. The lowest BCUT2D eigenvalue weighted by Crippen LogP contribution is -2.42. The minimum atomic E-state index is 0.240. The van der Waals surface area contributed by atoms with Gasteiger partial charge in [-0.05, 0) is 36.5 Å².